The minimum absolute atomic E-state index is 0.157. The fraction of sp³-hybridized carbons (Fsp3) is 0.273. The van der Waals surface area contributed by atoms with E-state index in [4.69, 9.17) is 16.6 Å². The summed E-state index contributed by atoms with van der Waals surface area (Å²) in [5.74, 6) is 0.293. The second-order valence-electron chi connectivity index (χ2n) is 7.58. The number of rotatable bonds is 6. The van der Waals surface area contributed by atoms with Crippen molar-refractivity contribution >= 4 is 34.2 Å². The van der Waals surface area contributed by atoms with E-state index in [0.717, 1.165) is 48.2 Å². The molecule has 0 unspecified atom stereocenters. The third-order valence-corrected chi connectivity index (χ3v) is 5.44. The van der Waals surface area contributed by atoms with E-state index in [9.17, 15) is 4.79 Å². The van der Waals surface area contributed by atoms with Gasteiger partial charge in [0.05, 0.1) is 34.1 Å². The fourth-order valence-corrected chi connectivity index (χ4v) is 3.69. The van der Waals surface area contributed by atoms with Crippen LogP contribution in [-0.4, -0.2) is 30.5 Å². The van der Waals surface area contributed by atoms with Crippen LogP contribution in [0.2, 0.25) is 5.02 Å². The third kappa shape index (κ3) is 3.57. The van der Waals surface area contributed by atoms with Crippen LogP contribution in [-0.2, 0) is 6.54 Å². The van der Waals surface area contributed by atoms with E-state index in [2.05, 4.69) is 22.4 Å². The zero-order chi connectivity index (χ0) is 20.7. The van der Waals surface area contributed by atoms with Crippen LogP contribution in [0.4, 0.5) is 5.69 Å². The number of hydrogen-bond acceptors (Lipinski definition) is 4. The standard InChI is InChI=1S/C22H21ClN6O/c1-2-9-28-21-19(12-25-28)18(10-20(27-21)14-3-4-14)22(30)26-16-5-7-17(8-6-16)29-13-15(23)11-24-29/h5-8,10-14H,2-4,9H2,1H3,(H,26,30). The molecule has 0 atom stereocenters. The van der Waals surface area contributed by atoms with Crippen LogP contribution in [0.5, 0.6) is 0 Å². The molecule has 3 aromatic heterocycles. The van der Waals surface area contributed by atoms with Crippen molar-refractivity contribution in [2.24, 2.45) is 0 Å². The number of amides is 1. The molecule has 3 heterocycles. The van der Waals surface area contributed by atoms with Crippen molar-refractivity contribution in [3.05, 3.63) is 65.2 Å². The molecule has 1 aliphatic rings. The van der Waals surface area contributed by atoms with E-state index in [1.54, 1.807) is 23.3 Å². The van der Waals surface area contributed by atoms with Gasteiger partial charge in [-0.1, -0.05) is 18.5 Å². The van der Waals surface area contributed by atoms with Gasteiger partial charge in [-0.05, 0) is 49.6 Å². The van der Waals surface area contributed by atoms with Crippen LogP contribution in [0.1, 0.15) is 48.2 Å². The van der Waals surface area contributed by atoms with Gasteiger partial charge in [-0.3, -0.25) is 4.79 Å². The number of pyridine rings is 1. The number of hydrogen-bond donors (Lipinski definition) is 1. The van der Waals surface area contributed by atoms with Gasteiger partial charge in [-0.2, -0.15) is 10.2 Å². The molecule has 1 saturated carbocycles. The average Bonchev–Trinajstić information content (AvgIpc) is 3.40. The summed E-state index contributed by atoms with van der Waals surface area (Å²) in [6.45, 7) is 2.89. The van der Waals surface area contributed by atoms with Gasteiger partial charge in [0, 0.05) is 30.0 Å². The predicted molar refractivity (Wildman–Crippen MR) is 116 cm³/mol. The second-order valence-corrected chi connectivity index (χ2v) is 8.01. The number of aromatic nitrogens is 5. The molecule has 1 aliphatic carbocycles. The summed E-state index contributed by atoms with van der Waals surface area (Å²) in [5, 5.41) is 13.0. The van der Waals surface area contributed by atoms with E-state index >= 15 is 0 Å². The molecular weight excluding hydrogens is 400 g/mol. The van der Waals surface area contributed by atoms with E-state index < -0.39 is 0 Å². The Kier molecular flexibility index (Phi) is 4.75. The number of nitrogens with one attached hydrogen (secondary N) is 1. The molecule has 0 saturated heterocycles. The molecule has 0 bridgehead atoms. The predicted octanol–water partition coefficient (Wildman–Crippen LogP) is 4.81. The quantitative estimate of drug-likeness (QED) is 0.485. The highest BCUT2D eigenvalue weighted by molar-refractivity contribution is 6.30. The lowest BCUT2D eigenvalue weighted by molar-refractivity contribution is 0.102. The first-order valence-corrected chi connectivity index (χ1v) is 10.5. The van der Waals surface area contributed by atoms with Crippen molar-refractivity contribution in [1.82, 2.24) is 24.5 Å². The van der Waals surface area contributed by atoms with Gasteiger partial charge in [0.15, 0.2) is 5.65 Å². The lowest BCUT2D eigenvalue weighted by atomic mass is 10.1. The number of nitrogens with zero attached hydrogens (tertiary/aromatic N) is 5. The van der Waals surface area contributed by atoms with Crippen LogP contribution >= 0.6 is 11.6 Å². The number of anilines is 1. The van der Waals surface area contributed by atoms with Gasteiger partial charge < -0.3 is 5.32 Å². The number of carbonyl (C=O) groups excluding carboxylic acids is 1. The van der Waals surface area contributed by atoms with E-state index in [1.165, 1.54) is 0 Å². The van der Waals surface area contributed by atoms with Gasteiger partial charge in [-0.15, -0.1) is 0 Å². The molecule has 1 aromatic carbocycles. The normalized spacial score (nSPS) is 13.7. The highest BCUT2D eigenvalue weighted by Gasteiger charge is 2.28. The second kappa shape index (κ2) is 7.57. The molecule has 30 heavy (non-hydrogen) atoms. The lowest BCUT2D eigenvalue weighted by Gasteiger charge is -2.10. The van der Waals surface area contributed by atoms with Crippen molar-refractivity contribution in [2.75, 3.05) is 5.32 Å². The Morgan fingerprint density at radius 3 is 2.67 bits per heavy atom. The Bertz CT molecular complexity index is 1220. The Morgan fingerprint density at radius 1 is 1.20 bits per heavy atom. The summed E-state index contributed by atoms with van der Waals surface area (Å²) < 4.78 is 3.58. The molecule has 1 N–H and O–H groups in total. The maximum Gasteiger partial charge on any atom is 0.256 e. The minimum Gasteiger partial charge on any atom is -0.322 e. The van der Waals surface area contributed by atoms with Crippen molar-refractivity contribution < 1.29 is 4.79 Å². The summed E-state index contributed by atoms with van der Waals surface area (Å²) in [7, 11) is 0. The van der Waals surface area contributed by atoms with Crippen molar-refractivity contribution in [3.63, 3.8) is 0 Å². The first-order valence-electron chi connectivity index (χ1n) is 10.1. The Labute approximate surface area is 178 Å². The number of halogens is 1. The molecule has 1 fully saturated rings. The molecule has 1 amide bonds. The minimum atomic E-state index is -0.157. The Hall–Kier alpha value is -3.19. The zero-order valence-electron chi connectivity index (χ0n) is 16.5. The maximum absolute atomic E-state index is 13.1. The number of benzene rings is 1. The Balaban J connectivity index is 1.44. The SMILES string of the molecule is CCCn1ncc2c(C(=O)Nc3ccc(-n4cc(Cl)cn4)cc3)cc(C3CC3)nc21. The van der Waals surface area contributed by atoms with Crippen LogP contribution in [0.25, 0.3) is 16.7 Å². The summed E-state index contributed by atoms with van der Waals surface area (Å²) in [5.41, 5.74) is 3.96. The topological polar surface area (TPSA) is 77.6 Å². The Morgan fingerprint density at radius 2 is 2.00 bits per heavy atom. The molecule has 0 aliphatic heterocycles. The molecule has 0 spiro atoms. The molecule has 7 nitrogen and oxygen atoms in total. The number of carbonyl (C=O) groups is 1. The van der Waals surface area contributed by atoms with E-state index in [1.807, 2.05) is 35.0 Å². The van der Waals surface area contributed by atoms with Crippen LogP contribution in [0.3, 0.4) is 0 Å². The summed E-state index contributed by atoms with van der Waals surface area (Å²) in [6.07, 6.45) is 8.27. The molecular formula is C22H21ClN6O. The molecule has 152 valence electrons. The van der Waals surface area contributed by atoms with Crippen molar-refractivity contribution in [1.29, 1.82) is 0 Å². The third-order valence-electron chi connectivity index (χ3n) is 5.25. The average molecular weight is 421 g/mol. The maximum atomic E-state index is 13.1. The fourth-order valence-electron chi connectivity index (χ4n) is 3.56. The highest BCUT2D eigenvalue weighted by Crippen LogP contribution is 2.40. The molecule has 0 radical (unpaired) electrons. The van der Waals surface area contributed by atoms with Gasteiger partial charge in [-0.25, -0.2) is 14.3 Å². The molecule has 8 heteroatoms. The lowest BCUT2D eigenvalue weighted by Crippen LogP contribution is -2.13. The van der Waals surface area contributed by atoms with Gasteiger partial charge in [0.25, 0.3) is 5.91 Å². The van der Waals surface area contributed by atoms with Gasteiger partial charge >= 0.3 is 0 Å². The van der Waals surface area contributed by atoms with E-state index in [0.29, 0.717) is 22.2 Å². The first kappa shape index (κ1) is 18.8. The van der Waals surface area contributed by atoms with Crippen molar-refractivity contribution in [3.8, 4) is 5.69 Å². The number of fused-ring (bicyclic) bond motifs is 1. The molecule has 4 aromatic rings. The number of aryl methyl sites for hydroxylation is 1. The smallest absolute Gasteiger partial charge is 0.256 e. The summed E-state index contributed by atoms with van der Waals surface area (Å²) >= 11 is 5.93. The molecule has 5 rings (SSSR count). The summed E-state index contributed by atoms with van der Waals surface area (Å²) in [6, 6.07) is 9.40. The zero-order valence-corrected chi connectivity index (χ0v) is 17.3. The van der Waals surface area contributed by atoms with Gasteiger partial charge in [0.1, 0.15) is 0 Å². The van der Waals surface area contributed by atoms with Crippen LogP contribution < -0.4 is 5.32 Å². The van der Waals surface area contributed by atoms with E-state index in [-0.39, 0.29) is 5.91 Å². The van der Waals surface area contributed by atoms with Crippen molar-refractivity contribution in [2.45, 2.75) is 38.6 Å². The largest absolute Gasteiger partial charge is 0.322 e. The first-order chi connectivity index (χ1) is 14.6. The summed E-state index contributed by atoms with van der Waals surface area (Å²) in [4.78, 5) is 18.0. The highest BCUT2D eigenvalue weighted by atomic mass is 35.5. The monoisotopic (exact) mass is 420 g/mol. The van der Waals surface area contributed by atoms with Crippen LogP contribution in [0, 0.1) is 0 Å². The van der Waals surface area contributed by atoms with Gasteiger partial charge in [0.2, 0.25) is 0 Å². The van der Waals surface area contributed by atoms with Crippen LogP contribution in [0.15, 0.2) is 48.9 Å².